The van der Waals surface area contributed by atoms with Crippen molar-refractivity contribution in [2.75, 3.05) is 18.0 Å². The molecule has 0 radical (unpaired) electrons. The largest absolute Gasteiger partial charge is 0.340 e. The molecule has 1 aliphatic heterocycles. The topological polar surface area (TPSA) is 49.6 Å². The van der Waals surface area contributed by atoms with E-state index in [9.17, 15) is 4.79 Å². The standard InChI is InChI=1S/C26H29N3O2/c1-19-10-12-21(13-11-19)25(30)29(22-14-15-22)18-23-24(20-8-4-2-5-9-20)27-31-26(23)28-16-6-3-7-17-28/h2,4-5,8-13,22H,3,6-7,14-18H2,1H3. The van der Waals surface area contributed by atoms with Crippen molar-refractivity contribution in [3.63, 3.8) is 0 Å². The molecule has 0 N–H and O–H groups in total. The number of carbonyl (C=O) groups excluding carboxylic acids is 1. The summed E-state index contributed by atoms with van der Waals surface area (Å²) < 4.78 is 5.93. The smallest absolute Gasteiger partial charge is 0.254 e. The highest BCUT2D eigenvalue weighted by atomic mass is 16.5. The van der Waals surface area contributed by atoms with E-state index >= 15 is 0 Å². The van der Waals surface area contributed by atoms with Gasteiger partial charge in [-0.15, -0.1) is 0 Å². The second kappa shape index (κ2) is 8.58. The SMILES string of the molecule is Cc1ccc(C(=O)N(Cc2c(-c3ccccc3)noc2N2CCCCC2)C2CC2)cc1. The highest BCUT2D eigenvalue weighted by Gasteiger charge is 2.36. The molecule has 5 nitrogen and oxygen atoms in total. The van der Waals surface area contributed by atoms with Gasteiger partial charge in [0.1, 0.15) is 5.69 Å². The van der Waals surface area contributed by atoms with Crippen LogP contribution in [0.2, 0.25) is 0 Å². The van der Waals surface area contributed by atoms with Crippen molar-refractivity contribution in [2.24, 2.45) is 0 Å². The molecular weight excluding hydrogens is 386 g/mol. The summed E-state index contributed by atoms with van der Waals surface area (Å²) in [7, 11) is 0. The lowest BCUT2D eigenvalue weighted by Crippen LogP contribution is -2.34. The van der Waals surface area contributed by atoms with Gasteiger partial charge in [-0.25, -0.2) is 0 Å². The van der Waals surface area contributed by atoms with Gasteiger partial charge in [0.05, 0.1) is 12.1 Å². The molecule has 0 bridgehead atoms. The molecule has 1 amide bonds. The molecule has 31 heavy (non-hydrogen) atoms. The average molecular weight is 416 g/mol. The maximum Gasteiger partial charge on any atom is 0.254 e. The minimum Gasteiger partial charge on any atom is -0.340 e. The summed E-state index contributed by atoms with van der Waals surface area (Å²) in [5.74, 6) is 0.924. The monoisotopic (exact) mass is 415 g/mol. The molecule has 2 aromatic carbocycles. The van der Waals surface area contributed by atoms with Gasteiger partial charge in [-0.1, -0.05) is 53.2 Å². The Balaban J connectivity index is 1.51. The Morgan fingerprint density at radius 3 is 2.42 bits per heavy atom. The van der Waals surface area contributed by atoms with Gasteiger partial charge in [-0.05, 0) is 51.2 Å². The van der Waals surface area contributed by atoms with Crippen LogP contribution in [0, 0.1) is 6.92 Å². The van der Waals surface area contributed by atoms with E-state index in [1.54, 1.807) is 0 Å². The van der Waals surface area contributed by atoms with E-state index in [1.807, 2.05) is 54.3 Å². The Hall–Kier alpha value is -3.08. The van der Waals surface area contributed by atoms with Crippen molar-refractivity contribution < 1.29 is 9.32 Å². The molecule has 5 rings (SSSR count). The zero-order valence-corrected chi connectivity index (χ0v) is 18.1. The van der Waals surface area contributed by atoms with Crippen molar-refractivity contribution >= 4 is 11.8 Å². The van der Waals surface area contributed by atoms with Crippen LogP contribution in [-0.2, 0) is 6.54 Å². The van der Waals surface area contributed by atoms with Crippen LogP contribution >= 0.6 is 0 Å². The van der Waals surface area contributed by atoms with Crippen molar-refractivity contribution in [3.05, 3.63) is 71.3 Å². The second-order valence-electron chi connectivity index (χ2n) is 8.76. The third-order valence-corrected chi connectivity index (χ3v) is 6.33. The maximum absolute atomic E-state index is 13.5. The van der Waals surface area contributed by atoms with Crippen molar-refractivity contribution in [3.8, 4) is 11.3 Å². The lowest BCUT2D eigenvalue weighted by Gasteiger charge is -2.28. The lowest BCUT2D eigenvalue weighted by atomic mass is 10.0. The molecule has 2 heterocycles. The number of nitrogens with zero attached hydrogens (tertiary/aromatic N) is 3. The number of hydrogen-bond acceptors (Lipinski definition) is 4. The van der Waals surface area contributed by atoms with Crippen LogP contribution < -0.4 is 4.90 Å². The number of benzene rings is 2. The molecule has 0 unspecified atom stereocenters. The number of rotatable bonds is 6. The van der Waals surface area contributed by atoms with Gasteiger partial charge in [-0.3, -0.25) is 4.79 Å². The first-order valence-electron chi connectivity index (χ1n) is 11.4. The van der Waals surface area contributed by atoms with E-state index in [-0.39, 0.29) is 5.91 Å². The van der Waals surface area contributed by atoms with Crippen LogP contribution in [0.3, 0.4) is 0 Å². The zero-order chi connectivity index (χ0) is 21.2. The third-order valence-electron chi connectivity index (χ3n) is 6.33. The Labute approximate surface area is 183 Å². The Bertz CT molecular complexity index is 1030. The van der Waals surface area contributed by atoms with Gasteiger partial charge in [0.15, 0.2) is 0 Å². The van der Waals surface area contributed by atoms with Gasteiger partial charge < -0.3 is 14.3 Å². The summed E-state index contributed by atoms with van der Waals surface area (Å²) in [6.07, 6.45) is 5.70. The molecule has 0 spiro atoms. The number of amides is 1. The van der Waals surface area contributed by atoms with Gasteiger partial charge in [0, 0.05) is 30.3 Å². The molecular formula is C26H29N3O2. The molecule has 1 saturated carbocycles. The van der Waals surface area contributed by atoms with E-state index in [4.69, 9.17) is 4.52 Å². The fourth-order valence-corrected chi connectivity index (χ4v) is 4.40. The summed E-state index contributed by atoms with van der Waals surface area (Å²) in [4.78, 5) is 17.8. The molecule has 1 saturated heterocycles. The number of aryl methyl sites for hydroxylation is 1. The first-order valence-corrected chi connectivity index (χ1v) is 11.4. The first-order chi connectivity index (χ1) is 15.2. The summed E-state index contributed by atoms with van der Waals surface area (Å²) in [5.41, 5.74) is 4.81. The third kappa shape index (κ3) is 4.22. The molecule has 0 atom stereocenters. The fraction of sp³-hybridized carbons (Fsp3) is 0.385. The minimum absolute atomic E-state index is 0.0901. The van der Waals surface area contributed by atoms with Crippen LogP contribution in [-0.4, -0.2) is 35.1 Å². The van der Waals surface area contributed by atoms with Crippen LogP contribution in [0.25, 0.3) is 11.3 Å². The van der Waals surface area contributed by atoms with Crippen molar-refractivity contribution in [1.29, 1.82) is 0 Å². The summed E-state index contributed by atoms with van der Waals surface area (Å²) in [6.45, 7) is 4.52. The van der Waals surface area contributed by atoms with Crippen molar-refractivity contribution in [1.82, 2.24) is 10.1 Å². The van der Waals surface area contributed by atoms with Crippen LogP contribution in [0.1, 0.15) is 53.6 Å². The van der Waals surface area contributed by atoms with Gasteiger partial charge in [-0.2, -0.15) is 0 Å². The number of aromatic nitrogens is 1. The summed E-state index contributed by atoms with van der Waals surface area (Å²) in [5, 5.41) is 4.48. The predicted molar refractivity (Wildman–Crippen MR) is 122 cm³/mol. The molecule has 3 aromatic rings. The summed E-state index contributed by atoms with van der Waals surface area (Å²) >= 11 is 0. The first kappa shape index (κ1) is 19.9. The van der Waals surface area contributed by atoms with Crippen LogP contribution in [0.5, 0.6) is 0 Å². The highest BCUT2D eigenvalue weighted by Crippen LogP contribution is 2.37. The van der Waals surface area contributed by atoms with E-state index in [1.165, 1.54) is 6.42 Å². The van der Waals surface area contributed by atoms with E-state index < -0.39 is 0 Å². The van der Waals surface area contributed by atoms with Crippen LogP contribution in [0.15, 0.2) is 59.1 Å². The van der Waals surface area contributed by atoms with Gasteiger partial charge in [0.2, 0.25) is 5.88 Å². The minimum atomic E-state index is 0.0901. The molecule has 1 aliphatic carbocycles. The van der Waals surface area contributed by atoms with E-state index in [2.05, 4.69) is 22.2 Å². The number of anilines is 1. The van der Waals surface area contributed by atoms with Crippen LogP contribution in [0.4, 0.5) is 5.88 Å². The van der Waals surface area contributed by atoms with Gasteiger partial charge >= 0.3 is 0 Å². The Morgan fingerprint density at radius 1 is 1.03 bits per heavy atom. The number of carbonyl (C=O) groups is 1. The number of piperidine rings is 1. The lowest BCUT2D eigenvalue weighted by molar-refractivity contribution is 0.0730. The predicted octanol–water partition coefficient (Wildman–Crippen LogP) is 5.45. The highest BCUT2D eigenvalue weighted by molar-refractivity contribution is 5.94. The number of hydrogen-bond donors (Lipinski definition) is 0. The Kier molecular flexibility index (Phi) is 5.49. The normalized spacial score (nSPS) is 16.4. The molecule has 160 valence electrons. The van der Waals surface area contributed by atoms with Crippen molar-refractivity contribution in [2.45, 2.75) is 51.6 Å². The average Bonchev–Trinajstić information content (AvgIpc) is 3.57. The Morgan fingerprint density at radius 2 is 1.74 bits per heavy atom. The zero-order valence-electron chi connectivity index (χ0n) is 18.1. The van der Waals surface area contributed by atoms with Gasteiger partial charge in [0.25, 0.3) is 5.91 Å². The quantitative estimate of drug-likeness (QED) is 0.537. The molecule has 1 aromatic heterocycles. The molecule has 5 heteroatoms. The summed E-state index contributed by atoms with van der Waals surface area (Å²) in [6, 6.07) is 18.3. The molecule has 2 aliphatic rings. The van der Waals surface area contributed by atoms with E-state index in [0.717, 1.165) is 72.6 Å². The van der Waals surface area contributed by atoms with E-state index in [0.29, 0.717) is 12.6 Å². The molecule has 2 fully saturated rings. The second-order valence-corrected chi connectivity index (χ2v) is 8.76. The maximum atomic E-state index is 13.5. The fourth-order valence-electron chi connectivity index (χ4n) is 4.40.